The van der Waals surface area contributed by atoms with Crippen molar-refractivity contribution in [3.8, 4) is 6.07 Å². The van der Waals surface area contributed by atoms with E-state index in [2.05, 4.69) is 15.6 Å². The van der Waals surface area contributed by atoms with Crippen LogP contribution in [0.4, 0.5) is 25.4 Å². The molecule has 0 atom stereocenters. The van der Waals surface area contributed by atoms with Gasteiger partial charge in [-0.25, -0.2) is 19.0 Å². The minimum Gasteiger partial charge on any atom is -0.453 e. The summed E-state index contributed by atoms with van der Waals surface area (Å²) in [6.07, 6.45) is 0.976. The molecular formula is C20H21FN6O3. The molecule has 0 unspecified atom stereocenters. The van der Waals surface area contributed by atoms with Crippen LogP contribution in [0.3, 0.4) is 0 Å². The molecule has 1 saturated heterocycles. The van der Waals surface area contributed by atoms with Crippen molar-refractivity contribution in [2.45, 2.75) is 6.54 Å². The third-order valence-electron chi connectivity index (χ3n) is 4.69. The highest BCUT2D eigenvalue weighted by Crippen LogP contribution is 2.24. The molecule has 0 saturated carbocycles. The number of amides is 3. The molecule has 30 heavy (non-hydrogen) atoms. The summed E-state index contributed by atoms with van der Waals surface area (Å²) in [4.78, 5) is 31.0. The molecule has 1 aliphatic heterocycles. The molecule has 2 aromatic rings. The summed E-state index contributed by atoms with van der Waals surface area (Å²) < 4.78 is 19.7. The van der Waals surface area contributed by atoms with Gasteiger partial charge >= 0.3 is 12.1 Å². The third-order valence-corrected chi connectivity index (χ3v) is 4.69. The van der Waals surface area contributed by atoms with Crippen LogP contribution in [-0.2, 0) is 11.3 Å². The zero-order valence-electron chi connectivity index (χ0n) is 16.4. The third kappa shape index (κ3) is 4.94. The van der Waals surface area contributed by atoms with Crippen LogP contribution in [0.25, 0.3) is 0 Å². The van der Waals surface area contributed by atoms with Crippen molar-refractivity contribution in [1.29, 1.82) is 5.26 Å². The van der Waals surface area contributed by atoms with Crippen LogP contribution in [0.2, 0.25) is 0 Å². The summed E-state index contributed by atoms with van der Waals surface area (Å²) in [5, 5.41) is 13.9. The first-order chi connectivity index (χ1) is 14.5. The molecule has 0 bridgehead atoms. The van der Waals surface area contributed by atoms with Crippen LogP contribution >= 0.6 is 0 Å². The number of rotatable bonds is 4. The molecule has 1 fully saturated rings. The number of carbonyl (C=O) groups is 2. The Morgan fingerprint density at radius 1 is 1.23 bits per heavy atom. The van der Waals surface area contributed by atoms with E-state index >= 15 is 0 Å². The van der Waals surface area contributed by atoms with Crippen LogP contribution in [0, 0.1) is 17.1 Å². The second kappa shape index (κ2) is 9.56. The largest absolute Gasteiger partial charge is 0.453 e. The molecule has 1 aromatic carbocycles. The molecule has 9 nitrogen and oxygen atoms in total. The van der Waals surface area contributed by atoms with Gasteiger partial charge in [-0.15, -0.1) is 0 Å². The highest BCUT2D eigenvalue weighted by Gasteiger charge is 2.24. The standard InChI is InChI=1S/C20H21FN6O3/c1-30-20(29)27-9-7-26(8-10-27)17-4-2-3-14(18(17)21)12-24-19(28)25-16-6-5-15(11-22)23-13-16/h2-6,13H,7-10,12H2,1H3,(H2,24,25,28). The smallest absolute Gasteiger partial charge is 0.409 e. The van der Waals surface area contributed by atoms with Crippen LogP contribution in [-0.4, -0.2) is 55.3 Å². The van der Waals surface area contributed by atoms with Crippen molar-refractivity contribution in [2.24, 2.45) is 0 Å². The van der Waals surface area contributed by atoms with Crippen LogP contribution < -0.4 is 15.5 Å². The molecule has 1 aliphatic rings. The predicted molar refractivity (Wildman–Crippen MR) is 107 cm³/mol. The molecule has 0 aliphatic carbocycles. The van der Waals surface area contributed by atoms with E-state index in [1.807, 2.05) is 11.0 Å². The highest BCUT2D eigenvalue weighted by molar-refractivity contribution is 5.89. The normalized spacial score (nSPS) is 13.4. The number of anilines is 2. The fourth-order valence-corrected chi connectivity index (χ4v) is 3.09. The Hall–Kier alpha value is -3.87. The number of urea groups is 1. The van der Waals surface area contributed by atoms with E-state index < -0.39 is 17.9 Å². The maximum Gasteiger partial charge on any atom is 0.409 e. The fraction of sp³-hybridized carbons (Fsp3) is 0.300. The van der Waals surface area contributed by atoms with Gasteiger partial charge < -0.3 is 25.2 Å². The molecule has 1 aromatic heterocycles. The topological polar surface area (TPSA) is 111 Å². The number of hydrogen-bond donors (Lipinski definition) is 2. The minimum atomic E-state index is -0.516. The Balaban J connectivity index is 1.58. The van der Waals surface area contributed by atoms with E-state index in [9.17, 15) is 14.0 Å². The zero-order valence-corrected chi connectivity index (χ0v) is 16.4. The van der Waals surface area contributed by atoms with Crippen molar-refractivity contribution in [1.82, 2.24) is 15.2 Å². The van der Waals surface area contributed by atoms with Gasteiger partial charge in [0.25, 0.3) is 0 Å². The van der Waals surface area contributed by atoms with Crippen molar-refractivity contribution < 1.29 is 18.7 Å². The van der Waals surface area contributed by atoms with Crippen molar-refractivity contribution >= 4 is 23.5 Å². The van der Waals surface area contributed by atoms with E-state index in [0.29, 0.717) is 43.1 Å². The van der Waals surface area contributed by atoms with E-state index in [0.717, 1.165) is 0 Å². The first-order valence-electron chi connectivity index (χ1n) is 9.28. The number of hydrogen-bond acceptors (Lipinski definition) is 6. The van der Waals surface area contributed by atoms with Gasteiger partial charge in [0.2, 0.25) is 0 Å². The van der Waals surface area contributed by atoms with Gasteiger partial charge in [0.05, 0.1) is 24.7 Å². The predicted octanol–water partition coefficient (Wildman–Crippen LogP) is 2.30. The second-order valence-corrected chi connectivity index (χ2v) is 6.55. The Bertz CT molecular complexity index is 952. The fourth-order valence-electron chi connectivity index (χ4n) is 3.09. The Morgan fingerprint density at radius 3 is 2.63 bits per heavy atom. The number of halogens is 1. The summed E-state index contributed by atoms with van der Waals surface area (Å²) in [5.41, 5.74) is 1.43. The number of piperazine rings is 1. The summed E-state index contributed by atoms with van der Waals surface area (Å²) in [5.74, 6) is -0.413. The first-order valence-corrected chi connectivity index (χ1v) is 9.28. The Labute approximate surface area is 173 Å². The van der Waals surface area contributed by atoms with Crippen molar-refractivity contribution in [3.05, 3.63) is 53.6 Å². The number of ether oxygens (including phenoxy) is 1. The summed E-state index contributed by atoms with van der Waals surface area (Å²) in [7, 11) is 1.33. The van der Waals surface area contributed by atoms with Gasteiger partial charge in [-0.2, -0.15) is 5.26 Å². The number of nitrogens with zero attached hydrogens (tertiary/aromatic N) is 4. The van der Waals surface area contributed by atoms with Gasteiger partial charge in [-0.1, -0.05) is 12.1 Å². The summed E-state index contributed by atoms with van der Waals surface area (Å²) >= 11 is 0. The van der Waals surface area contributed by atoms with Gasteiger partial charge in [-0.3, -0.25) is 0 Å². The van der Waals surface area contributed by atoms with E-state index in [-0.39, 0.29) is 12.2 Å². The number of nitrogens with one attached hydrogen (secondary N) is 2. The Morgan fingerprint density at radius 2 is 2.00 bits per heavy atom. The van der Waals surface area contributed by atoms with Crippen LogP contribution in [0.5, 0.6) is 0 Å². The molecule has 156 valence electrons. The Kier molecular flexibility index (Phi) is 6.64. The quantitative estimate of drug-likeness (QED) is 0.797. The average Bonchev–Trinajstić information content (AvgIpc) is 2.78. The first kappa shape index (κ1) is 20.9. The molecule has 2 N–H and O–H groups in total. The number of pyridine rings is 1. The number of benzene rings is 1. The van der Waals surface area contributed by atoms with Crippen molar-refractivity contribution in [2.75, 3.05) is 43.5 Å². The molecule has 0 spiro atoms. The zero-order chi connectivity index (χ0) is 21.5. The van der Waals surface area contributed by atoms with Crippen LogP contribution in [0.15, 0.2) is 36.5 Å². The molecular weight excluding hydrogens is 391 g/mol. The lowest BCUT2D eigenvalue weighted by Gasteiger charge is -2.35. The maximum absolute atomic E-state index is 15.0. The molecule has 10 heteroatoms. The van der Waals surface area contributed by atoms with Crippen LogP contribution in [0.1, 0.15) is 11.3 Å². The average molecular weight is 412 g/mol. The molecule has 0 radical (unpaired) electrons. The number of aromatic nitrogens is 1. The number of carbonyl (C=O) groups excluding carboxylic acids is 2. The van der Waals surface area contributed by atoms with E-state index in [1.54, 1.807) is 29.2 Å². The van der Waals surface area contributed by atoms with Gasteiger partial charge in [0, 0.05) is 38.3 Å². The van der Waals surface area contributed by atoms with Gasteiger partial charge in [0.1, 0.15) is 11.8 Å². The maximum atomic E-state index is 15.0. The summed E-state index contributed by atoms with van der Waals surface area (Å²) in [6.45, 7) is 1.84. The SMILES string of the molecule is COC(=O)N1CCN(c2cccc(CNC(=O)Nc3ccc(C#N)nc3)c2F)CC1. The van der Waals surface area contributed by atoms with Gasteiger partial charge in [-0.05, 0) is 18.2 Å². The number of methoxy groups -OCH3 is 1. The van der Waals surface area contributed by atoms with E-state index in [1.165, 1.54) is 19.4 Å². The molecule has 3 amide bonds. The molecule has 2 heterocycles. The van der Waals surface area contributed by atoms with Crippen molar-refractivity contribution in [3.63, 3.8) is 0 Å². The lowest BCUT2D eigenvalue weighted by atomic mass is 10.1. The van der Waals surface area contributed by atoms with E-state index in [4.69, 9.17) is 10.00 Å². The lowest BCUT2D eigenvalue weighted by molar-refractivity contribution is 0.121. The summed E-state index contributed by atoms with van der Waals surface area (Å²) in [6, 6.07) is 9.42. The monoisotopic (exact) mass is 412 g/mol. The number of nitriles is 1. The molecule has 3 rings (SSSR count). The second-order valence-electron chi connectivity index (χ2n) is 6.55. The highest BCUT2D eigenvalue weighted by atomic mass is 19.1. The van der Waals surface area contributed by atoms with Gasteiger partial charge in [0.15, 0.2) is 5.82 Å². The minimum absolute atomic E-state index is 0.00264. The lowest BCUT2D eigenvalue weighted by Crippen LogP contribution is -2.49.